The van der Waals surface area contributed by atoms with Crippen molar-refractivity contribution < 1.29 is 12.8 Å². The molecule has 0 aliphatic rings. The molecule has 4 nitrogen and oxygen atoms in total. The average Bonchev–Trinajstić information content (AvgIpc) is 3.03. The second kappa shape index (κ2) is 6.22. The molecule has 1 aromatic heterocycles. The van der Waals surface area contributed by atoms with Crippen LogP contribution in [-0.4, -0.2) is 14.6 Å². The third-order valence-electron chi connectivity index (χ3n) is 3.32. The van der Waals surface area contributed by atoms with E-state index in [1.54, 1.807) is 36.4 Å². The summed E-state index contributed by atoms with van der Waals surface area (Å²) in [5, 5.41) is 0. The molecular weight excluding hydrogens is 310 g/mol. The van der Waals surface area contributed by atoms with Gasteiger partial charge in [-0.3, -0.25) is 0 Å². The van der Waals surface area contributed by atoms with Crippen molar-refractivity contribution >= 4 is 16.2 Å². The van der Waals surface area contributed by atoms with E-state index in [2.05, 4.69) is 4.40 Å². The Labute approximate surface area is 135 Å². The van der Waals surface area contributed by atoms with Gasteiger partial charge in [-0.15, -0.1) is 0 Å². The van der Waals surface area contributed by atoms with E-state index in [4.69, 9.17) is 4.42 Å². The van der Waals surface area contributed by atoms with E-state index in [9.17, 15) is 8.42 Å². The normalized spacial score (nSPS) is 11.9. The van der Waals surface area contributed by atoms with E-state index >= 15 is 0 Å². The molecule has 0 unspecified atom stereocenters. The maximum atomic E-state index is 12.2. The Kier molecular flexibility index (Phi) is 4.12. The van der Waals surface area contributed by atoms with Crippen molar-refractivity contribution in [3.63, 3.8) is 0 Å². The van der Waals surface area contributed by atoms with Gasteiger partial charge in [0.15, 0.2) is 0 Å². The van der Waals surface area contributed by atoms with Crippen molar-refractivity contribution in [2.45, 2.75) is 11.8 Å². The van der Waals surface area contributed by atoms with Gasteiger partial charge in [0.1, 0.15) is 11.5 Å². The van der Waals surface area contributed by atoms with Crippen LogP contribution in [0, 0.1) is 6.92 Å². The lowest BCUT2D eigenvalue weighted by Gasteiger charge is -1.98. The van der Waals surface area contributed by atoms with Crippen LogP contribution in [0.15, 0.2) is 80.4 Å². The minimum Gasteiger partial charge on any atom is -0.455 e. The fourth-order valence-corrected chi connectivity index (χ4v) is 2.92. The second-order valence-corrected chi connectivity index (χ2v) is 6.72. The van der Waals surface area contributed by atoms with Gasteiger partial charge in [-0.25, -0.2) is 0 Å². The molecule has 0 saturated carbocycles. The quantitative estimate of drug-likeness (QED) is 0.680. The maximum absolute atomic E-state index is 12.2. The lowest BCUT2D eigenvalue weighted by Crippen LogP contribution is -1.97. The lowest BCUT2D eigenvalue weighted by atomic mass is 10.2. The molecule has 1 heterocycles. The Morgan fingerprint density at radius 1 is 0.913 bits per heavy atom. The third kappa shape index (κ3) is 3.57. The molecule has 5 heteroatoms. The third-order valence-corrected chi connectivity index (χ3v) is 4.57. The smallest absolute Gasteiger partial charge is 0.282 e. The topological polar surface area (TPSA) is 59.6 Å². The summed E-state index contributed by atoms with van der Waals surface area (Å²) < 4.78 is 33.6. The average molecular weight is 325 g/mol. The zero-order valence-electron chi connectivity index (χ0n) is 12.5. The van der Waals surface area contributed by atoms with Gasteiger partial charge in [0.25, 0.3) is 10.0 Å². The second-order valence-electron chi connectivity index (χ2n) is 5.09. The summed E-state index contributed by atoms with van der Waals surface area (Å²) in [4.78, 5) is 0.161. The Bertz CT molecular complexity index is 924. The number of rotatable bonds is 4. The number of hydrogen-bond acceptors (Lipinski definition) is 3. The van der Waals surface area contributed by atoms with Gasteiger partial charge in [-0.2, -0.15) is 12.8 Å². The maximum Gasteiger partial charge on any atom is 0.282 e. The van der Waals surface area contributed by atoms with Crippen LogP contribution in [-0.2, 0) is 10.0 Å². The number of aryl methyl sites for hydroxylation is 1. The molecule has 0 amide bonds. The number of hydrogen-bond donors (Lipinski definition) is 0. The molecule has 0 aliphatic carbocycles. The summed E-state index contributed by atoms with van der Waals surface area (Å²) in [5.41, 5.74) is 1.92. The van der Waals surface area contributed by atoms with Crippen LogP contribution in [0.1, 0.15) is 11.3 Å². The molecule has 3 rings (SSSR count). The lowest BCUT2D eigenvalue weighted by molar-refractivity contribution is 0.574. The molecule has 0 radical (unpaired) electrons. The van der Waals surface area contributed by atoms with Gasteiger partial charge in [-0.1, -0.05) is 48.0 Å². The highest BCUT2D eigenvalue weighted by Gasteiger charge is 2.11. The van der Waals surface area contributed by atoms with E-state index in [1.807, 2.05) is 37.3 Å². The molecule has 3 aromatic rings. The zero-order chi connectivity index (χ0) is 16.3. The van der Waals surface area contributed by atoms with Crippen molar-refractivity contribution in [1.82, 2.24) is 0 Å². The van der Waals surface area contributed by atoms with E-state index in [1.165, 1.54) is 6.21 Å². The first kappa shape index (κ1) is 15.2. The van der Waals surface area contributed by atoms with Crippen molar-refractivity contribution in [2.24, 2.45) is 4.40 Å². The van der Waals surface area contributed by atoms with Crippen molar-refractivity contribution in [3.05, 3.63) is 78.1 Å². The first-order valence-electron chi connectivity index (χ1n) is 7.07. The highest BCUT2D eigenvalue weighted by molar-refractivity contribution is 7.90. The molecule has 0 atom stereocenters. The predicted octanol–water partition coefficient (Wildman–Crippen LogP) is 4.06. The van der Waals surface area contributed by atoms with Gasteiger partial charge in [0.2, 0.25) is 0 Å². The molecule has 0 bridgehead atoms. The van der Waals surface area contributed by atoms with Crippen LogP contribution >= 0.6 is 0 Å². The Balaban J connectivity index is 1.83. The molecule has 0 aliphatic heterocycles. The van der Waals surface area contributed by atoms with E-state index in [0.29, 0.717) is 11.5 Å². The predicted molar refractivity (Wildman–Crippen MR) is 90.1 cm³/mol. The number of nitrogens with zero attached hydrogens (tertiary/aromatic N) is 1. The standard InChI is InChI=1S/C18H15NO3S/c1-14-7-10-17(11-8-14)23(20,21)19-13-16-9-12-18(22-16)15-5-3-2-4-6-15/h2-13H,1H3. The van der Waals surface area contributed by atoms with Crippen molar-refractivity contribution in [2.75, 3.05) is 0 Å². The van der Waals surface area contributed by atoms with Crippen LogP contribution in [0.25, 0.3) is 11.3 Å². The zero-order valence-corrected chi connectivity index (χ0v) is 13.3. The molecular formula is C18H15NO3S. The van der Waals surface area contributed by atoms with Gasteiger partial charge < -0.3 is 4.42 Å². The number of benzene rings is 2. The highest BCUT2D eigenvalue weighted by Crippen LogP contribution is 2.21. The minimum absolute atomic E-state index is 0.161. The van der Waals surface area contributed by atoms with Gasteiger partial charge >= 0.3 is 0 Å². The van der Waals surface area contributed by atoms with Crippen LogP contribution in [0.3, 0.4) is 0 Å². The van der Waals surface area contributed by atoms with Gasteiger partial charge in [0, 0.05) is 5.56 Å². The van der Waals surface area contributed by atoms with Gasteiger partial charge in [0.05, 0.1) is 11.1 Å². The molecule has 0 spiro atoms. The van der Waals surface area contributed by atoms with Crippen molar-refractivity contribution in [1.29, 1.82) is 0 Å². The van der Waals surface area contributed by atoms with E-state index in [0.717, 1.165) is 11.1 Å². The van der Waals surface area contributed by atoms with Crippen LogP contribution in [0.4, 0.5) is 0 Å². The van der Waals surface area contributed by atoms with E-state index in [-0.39, 0.29) is 4.90 Å². The Hall–Kier alpha value is -2.66. The fraction of sp³-hybridized carbons (Fsp3) is 0.0556. The molecule has 0 fully saturated rings. The van der Waals surface area contributed by atoms with Gasteiger partial charge in [-0.05, 0) is 31.2 Å². The summed E-state index contributed by atoms with van der Waals surface area (Å²) in [6.45, 7) is 1.90. The summed E-state index contributed by atoms with van der Waals surface area (Å²) in [7, 11) is -3.72. The summed E-state index contributed by atoms with van der Waals surface area (Å²) in [6, 6.07) is 19.6. The summed E-state index contributed by atoms with van der Waals surface area (Å²) in [5.74, 6) is 1.05. The first-order chi connectivity index (χ1) is 11.0. The van der Waals surface area contributed by atoms with Crippen LogP contribution < -0.4 is 0 Å². The summed E-state index contributed by atoms with van der Waals surface area (Å²) in [6.07, 6.45) is 1.22. The molecule has 0 N–H and O–H groups in total. The molecule has 0 saturated heterocycles. The highest BCUT2D eigenvalue weighted by atomic mass is 32.2. The van der Waals surface area contributed by atoms with E-state index < -0.39 is 10.0 Å². The number of furan rings is 1. The Morgan fingerprint density at radius 2 is 1.61 bits per heavy atom. The van der Waals surface area contributed by atoms with Crippen LogP contribution in [0.5, 0.6) is 0 Å². The Morgan fingerprint density at radius 3 is 2.30 bits per heavy atom. The van der Waals surface area contributed by atoms with Crippen LogP contribution in [0.2, 0.25) is 0 Å². The largest absolute Gasteiger partial charge is 0.455 e. The van der Waals surface area contributed by atoms with Crippen molar-refractivity contribution in [3.8, 4) is 11.3 Å². The number of sulfonamides is 1. The fourth-order valence-electron chi connectivity index (χ4n) is 2.07. The molecule has 2 aromatic carbocycles. The first-order valence-corrected chi connectivity index (χ1v) is 8.51. The monoisotopic (exact) mass is 325 g/mol. The summed E-state index contributed by atoms with van der Waals surface area (Å²) >= 11 is 0. The molecule has 116 valence electrons. The molecule has 23 heavy (non-hydrogen) atoms. The minimum atomic E-state index is -3.72. The SMILES string of the molecule is Cc1ccc(S(=O)(=O)N=Cc2ccc(-c3ccccc3)o2)cc1.